The lowest BCUT2D eigenvalue weighted by atomic mass is 10.1. The highest BCUT2D eigenvalue weighted by atomic mass is 127. The number of imide groups is 1. The minimum Gasteiger partial charge on any atom is -0.490 e. The van der Waals surface area contributed by atoms with E-state index in [2.05, 4.69) is 38.5 Å². The number of hydrogen-bond donors (Lipinski definition) is 0. The van der Waals surface area contributed by atoms with E-state index in [-0.39, 0.29) is 17.7 Å². The Bertz CT molecular complexity index is 1300. The first-order valence-electron chi connectivity index (χ1n) is 10.7. The lowest BCUT2D eigenvalue weighted by Crippen LogP contribution is -2.27. The highest BCUT2D eigenvalue weighted by Crippen LogP contribution is 2.38. The second-order valence-electron chi connectivity index (χ2n) is 7.54. The van der Waals surface area contributed by atoms with Gasteiger partial charge in [0.1, 0.15) is 6.61 Å². The number of carbonyl (C=O) groups is 2. The minimum atomic E-state index is -0.313. The van der Waals surface area contributed by atoms with Crippen molar-refractivity contribution in [3.63, 3.8) is 0 Å². The van der Waals surface area contributed by atoms with Crippen LogP contribution in [0.25, 0.3) is 6.08 Å². The van der Waals surface area contributed by atoms with E-state index in [4.69, 9.17) is 21.1 Å². The first-order chi connectivity index (χ1) is 16.9. The summed E-state index contributed by atoms with van der Waals surface area (Å²) in [7, 11) is 0. The Hall–Kier alpha value is -2.01. The highest BCUT2D eigenvalue weighted by Gasteiger charge is 2.35. The van der Waals surface area contributed by atoms with Crippen LogP contribution in [-0.4, -0.2) is 22.7 Å². The van der Waals surface area contributed by atoms with E-state index in [9.17, 15) is 9.59 Å². The topological polar surface area (TPSA) is 55.8 Å². The molecular formula is C26H20BrClINO4S. The largest absolute Gasteiger partial charge is 0.490 e. The summed E-state index contributed by atoms with van der Waals surface area (Å²) >= 11 is 12.6. The first-order valence-corrected chi connectivity index (χ1v) is 13.7. The molecule has 2 amide bonds. The number of rotatable bonds is 8. The van der Waals surface area contributed by atoms with Crippen molar-refractivity contribution in [3.05, 3.63) is 95.3 Å². The molecule has 9 heteroatoms. The summed E-state index contributed by atoms with van der Waals surface area (Å²) in [5.41, 5.74) is 2.60. The van der Waals surface area contributed by atoms with E-state index in [0.717, 1.165) is 36.5 Å². The molecule has 0 radical (unpaired) electrons. The fourth-order valence-corrected chi connectivity index (χ4v) is 5.55. The first kappa shape index (κ1) is 26.1. The molecule has 0 unspecified atom stereocenters. The van der Waals surface area contributed by atoms with Gasteiger partial charge in [-0.05, 0) is 94.4 Å². The third-order valence-electron chi connectivity index (χ3n) is 5.09. The van der Waals surface area contributed by atoms with Gasteiger partial charge < -0.3 is 9.47 Å². The van der Waals surface area contributed by atoms with Crippen molar-refractivity contribution in [2.24, 2.45) is 0 Å². The maximum absolute atomic E-state index is 13.0. The summed E-state index contributed by atoms with van der Waals surface area (Å²) in [6.07, 6.45) is 1.72. The number of amides is 2. The van der Waals surface area contributed by atoms with E-state index < -0.39 is 0 Å². The van der Waals surface area contributed by atoms with E-state index in [1.807, 2.05) is 67.6 Å². The monoisotopic (exact) mass is 683 g/mol. The molecule has 5 nitrogen and oxygen atoms in total. The fourth-order valence-electron chi connectivity index (χ4n) is 3.40. The zero-order valence-corrected chi connectivity index (χ0v) is 23.9. The van der Waals surface area contributed by atoms with Crippen molar-refractivity contribution < 1.29 is 19.1 Å². The van der Waals surface area contributed by atoms with Gasteiger partial charge in [0, 0.05) is 9.50 Å². The number of hydrogen-bond acceptors (Lipinski definition) is 5. The minimum absolute atomic E-state index is 0.211. The molecule has 35 heavy (non-hydrogen) atoms. The summed E-state index contributed by atoms with van der Waals surface area (Å²) in [5, 5.41) is 0.378. The van der Waals surface area contributed by atoms with E-state index in [1.54, 1.807) is 6.08 Å². The average molecular weight is 685 g/mol. The van der Waals surface area contributed by atoms with Crippen molar-refractivity contribution in [1.82, 2.24) is 4.90 Å². The van der Waals surface area contributed by atoms with Crippen molar-refractivity contribution in [2.75, 3.05) is 6.61 Å². The predicted octanol–water partition coefficient (Wildman–Crippen LogP) is 7.92. The second-order valence-corrected chi connectivity index (χ2v) is 11.0. The third kappa shape index (κ3) is 6.41. The summed E-state index contributed by atoms with van der Waals surface area (Å²) < 4.78 is 13.6. The molecule has 0 N–H and O–H groups in total. The highest BCUT2D eigenvalue weighted by molar-refractivity contribution is 14.1. The van der Waals surface area contributed by atoms with Crippen molar-refractivity contribution in [2.45, 2.75) is 20.1 Å². The van der Waals surface area contributed by atoms with Crippen LogP contribution in [0.15, 0.2) is 70.0 Å². The molecule has 0 atom stereocenters. The van der Waals surface area contributed by atoms with Gasteiger partial charge in [0.25, 0.3) is 11.1 Å². The third-order valence-corrected chi connectivity index (χ3v) is 7.82. The zero-order chi connectivity index (χ0) is 24.9. The zero-order valence-electron chi connectivity index (χ0n) is 18.6. The predicted molar refractivity (Wildman–Crippen MR) is 152 cm³/mol. The molecule has 1 aliphatic heterocycles. The Balaban J connectivity index is 1.55. The van der Waals surface area contributed by atoms with Gasteiger partial charge in [-0.2, -0.15) is 0 Å². The van der Waals surface area contributed by atoms with Gasteiger partial charge in [-0.1, -0.05) is 57.9 Å². The number of halogens is 3. The van der Waals surface area contributed by atoms with E-state index in [0.29, 0.717) is 34.6 Å². The Kier molecular flexibility index (Phi) is 8.80. The van der Waals surface area contributed by atoms with Gasteiger partial charge in [-0.3, -0.25) is 14.5 Å². The molecule has 1 fully saturated rings. The van der Waals surface area contributed by atoms with Crippen LogP contribution in [0.4, 0.5) is 4.79 Å². The molecule has 3 aromatic rings. The summed E-state index contributed by atoms with van der Waals surface area (Å²) in [5.74, 6) is 0.889. The summed E-state index contributed by atoms with van der Waals surface area (Å²) in [6, 6.07) is 18.7. The molecule has 0 bridgehead atoms. The Labute approximate surface area is 235 Å². The SMILES string of the molecule is CCOc1cc(/C=C2\SC(=O)N(Cc3ccccc3Br)C2=O)cc(I)c1OCc1ccc(Cl)cc1. The van der Waals surface area contributed by atoms with Crippen LogP contribution in [0.5, 0.6) is 11.5 Å². The summed E-state index contributed by atoms with van der Waals surface area (Å²) in [6.45, 7) is 2.93. The molecule has 0 aliphatic carbocycles. The van der Waals surface area contributed by atoms with Crippen LogP contribution in [0.2, 0.25) is 5.02 Å². The van der Waals surface area contributed by atoms with Crippen LogP contribution >= 0.6 is 61.9 Å². The number of benzene rings is 3. The number of ether oxygens (including phenoxy) is 2. The second kappa shape index (κ2) is 11.8. The van der Waals surface area contributed by atoms with Crippen LogP contribution in [0.3, 0.4) is 0 Å². The maximum atomic E-state index is 13.0. The van der Waals surface area contributed by atoms with Crippen LogP contribution in [0.1, 0.15) is 23.6 Å². The molecule has 3 aromatic carbocycles. The number of nitrogens with zero attached hydrogens (tertiary/aromatic N) is 1. The molecule has 0 saturated carbocycles. The van der Waals surface area contributed by atoms with Crippen molar-refractivity contribution >= 4 is 79.1 Å². The smallest absolute Gasteiger partial charge is 0.293 e. The molecule has 4 rings (SSSR count). The lowest BCUT2D eigenvalue weighted by Gasteiger charge is -2.15. The van der Waals surface area contributed by atoms with Gasteiger partial charge in [0.15, 0.2) is 11.5 Å². The average Bonchev–Trinajstić information content (AvgIpc) is 3.08. The standard InChI is InChI=1S/C26H20BrClINO4S/c1-2-33-22-12-17(11-21(29)24(22)34-15-16-7-9-19(28)10-8-16)13-23-25(31)30(26(32)35-23)14-18-5-3-4-6-20(18)27/h3-13H,2,14-15H2,1H3/b23-13-. The van der Waals surface area contributed by atoms with Crippen molar-refractivity contribution in [3.8, 4) is 11.5 Å². The van der Waals surface area contributed by atoms with Gasteiger partial charge in [-0.15, -0.1) is 0 Å². The molecular weight excluding hydrogens is 665 g/mol. The van der Waals surface area contributed by atoms with E-state index >= 15 is 0 Å². The molecule has 0 spiro atoms. The maximum Gasteiger partial charge on any atom is 0.293 e. The molecule has 180 valence electrons. The van der Waals surface area contributed by atoms with Gasteiger partial charge in [0.2, 0.25) is 0 Å². The Morgan fingerprint density at radius 2 is 1.83 bits per heavy atom. The van der Waals surface area contributed by atoms with Gasteiger partial charge >= 0.3 is 0 Å². The number of carbonyl (C=O) groups excluding carboxylic acids is 2. The number of thioether (sulfide) groups is 1. The molecule has 1 heterocycles. The van der Waals surface area contributed by atoms with Gasteiger partial charge in [0.05, 0.1) is 21.6 Å². The van der Waals surface area contributed by atoms with Crippen LogP contribution in [0, 0.1) is 3.57 Å². The lowest BCUT2D eigenvalue weighted by molar-refractivity contribution is -0.123. The molecule has 0 aromatic heterocycles. The van der Waals surface area contributed by atoms with Crippen LogP contribution in [-0.2, 0) is 17.9 Å². The molecule has 1 aliphatic rings. The van der Waals surface area contributed by atoms with Crippen molar-refractivity contribution in [1.29, 1.82) is 0 Å². The quantitative estimate of drug-likeness (QED) is 0.178. The van der Waals surface area contributed by atoms with Crippen LogP contribution < -0.4 is 9.47 Å². The molecule has 1 saturated heterocycles. The Morgan fingerprint density at radius 3 is 2.54 bits per heavy atom. The van der Waals surface area contributed by atoms with E-state index in [1.165, 1.54) is 4.90 Å². The normalized spacial score (nSPS) is 14.6. The Morgan fingerprint density at radius 1 is 1.09 bits per heavy atom. The fraction of sp³-hybridized carbons (Fsp3) is 0.154. The summed E-state index contributed by atoms with van der Waals surface area (Å²) in [4.78, 5) is 27.2. The van der Waals surface area contributed by atoms with Gasteiger partial charge in [-0.25, -0.2) is 0 Å².